The van der Waals surface area contributed by atoms with Crippen molar-refractivity contribution in [1.29, 1.82) is 0 Å². The summed E-state index contributed by atoms with van der Waals surface area (Å²) in [5, 5.41) is 3.83. The molecule has 1 saturated heterocycles. The molecule has 1 fully saturated rings. The topological polar surface area (TPSA) is 61.3 Å². The predicted octanol–water partition coefficient (Wildman–Crippen LogP) is 0.947. The highest BCUT2D eigenvalue weighted by atomic mass is 16.5. The predicted molar refractivity (Wildman–Crippen MR) is 47.2 cm³/mol. The number of rotatable bonds is 1. The molecule has 0 radical (unpaired) electrons. The second-order valence-corrected chi connectivity index (χ2v) is 3.64. The fraction of sp³-hybridized carbons (Fsp3) is 0.667. The van der Waals surface area contributed by atoms with E-state index in [1.807, 2.05) is 13.0 Å². The van der Waals surface area contributed by atoms with Gasteiger partial charge in [0.2, 0.25) is 0 Å². The van der Waals surface area contributed by atoms with Crippen molar-refractivity contribution in [2.45, 2.75) is 25.3 Å². The Morgan fingerprint density at radius 1 is 1.62 bits per heavy atom. The Morgan fingerprint density at radius 3 is 3.00 bits per heavy atom. The monoisotopic (exact) mass is 182 g/mol. The van der Waals surface area contributed by atoms with Gasteiger partial charge in [-0.05, 0) is 19.8 Å². The molecule has 72 valence electrons. The van der Waals surface area contributed by atoms with Crippen LogP contribution in [0.1, 0.15) is 24.3 Å². The highest BCUT2D eigenvalue weighted by Crippen LogP contribution is 2.27. The van der Waals surface area contributed by atoms with Gasteiger partial charge < -0.3 is 15.0 Å². The van der Waals surface area contributed by atoms with E-state index in [1.54, 1.807) is 0 Å². The maximum absolute atomic E-state index is 6.13. The van der Waals surface area contributed by atoms with Crippen LogP contribution in [0.2, 0.25) is 0 Å². The zero-order valence-electron chi connectivity index (χ0n) is 7.75. The van der Waals surface area contributed by atoms with Crippen molar-refractivity contribution >= 4 is 0 Å². The van der Waals surface area contributed by atoms with Crippen molar-refractivity contribution in [1.82, 2.24) is 5.16 Å². The van der Waals surface area contributed by atoms with E-state index in [0.717, 1.165) is 30.9 Å². The molecule has 4 heteroatoms. The summed E-state index contributed by atoms with van der Waals surface area (Å²) in [5.74, 6) is 0.740. The Balaban J connectivity index is 2.22. The molecule has 0 amide bonds. The molecule has 0 bridgehead atoms. The third-order valence-corrected chi connectivity index (χ3v) is 2.39. The van der Waals surface area contributed by atoms with E-state index in [2.05, 4.69) is 5.16 Å². The van der Waals surface area contributed by atoms with Gasteiger partial charge in [0.05, 0.1) is 12.3 Å². The lowest BCUT2D eigenvalue weighted by Gasteiger charge is -2.30. The zero-order valence-corrected chi connectivity index (χ0v) is 7.75. The number of aromatic nitrogens is 1. The summed E-state index contributed by atoms with van der Waals surface area (Å²) < 4.78 is 10.5. The summed E-state index contributed by atoms with van der Waals surface area (Å²) in [6.45, 7) is 3.22. The van der Waals surface area contributed by atoms with Gasteiger partial charge in [-0.1, -0.05) is 5.16 Å². The molecule has 1 atom stereocenters. The number of aryl methyl sites for hydroxylation is 1. The van der Waals surface area contributed by atoms with E-state index in [9.17, 15) is 0 Å². The summed E-state index contributed by atoms with van der Waals surface area (Å²) in [6.07, 6.45) is 1.89. The lowest BCUT2D eigenvalue weighted by Crippen LogP contribution is -2.44. The van der Waals surface area contributed by atoms with Gasteiger partial charge >= 0.3 is 0 Å². The van der Waals surface area contributed by atoms with Crippen molar-refractivity contribution in [2.24, 2.45) is 5.73 Å². The highest BCUT2D eigenvalue weighted by Gasteiger charge is 2.34. The number of hydrogen-bond donors (Lipinski definition) is 1. The quantitative estimate of drug-likeness (QED) is 0.702. The Labute approximate surface area is 77.0 Å². The minimum absolute atomic E-state index is 0.459. The molecule has 1 aromatic rings. The molecular formula is C9H14N2O2. The van der Waals surface area contributed by atoms with Crippen molar-refractivity contribution < 1.29 is 9.26 Å². The van der Waals surface area contributed by atoms with Gasteiger partial charge in [-0.15, -0.1) is 0 Å². The van der Waals surface area contributed by atoms with Crippen molar-refractivity contribution in [3.63, 3.8) is 0 Å². The molecule has 4 nitrogen and oxygen atoms in total. The molecule has 13 heavy (non-hydrogen) atoms. The number of nitrogens with zero attached hydrogens (tertiary/aromatic N) is 1. The van der Waals surface area contributed by atoms with Gasteiger partial charge in [-0.25, -0.2) is 0 Å². The van der Waals surface area contributed by atoms with Crippen LogP contribution in [0.25, 0.3) is 0 Å². The minimum Gasteiger partial charge on any atom is -0.379 e. The molecule has 0 saturated carbocycles. The molecular weight excluding hydrogens is 168 g/mol. The van der Waals surface area contributed by atoms with Gasteiger partial charge in [-0.2, -0.15) is 0 Å². The first-order valence-corrected chi connectivity index (χ1v) is 4.51. The van der Waals surface area contributed by atoms with Crippen LogP contribution in [0.3, 0.4) is 0 Å². The van der Waals surface area contributed by atoms with Gasteiger partial charge in [0.25, 0.3) is 0 Å². The summed E-state index contributed by atoms with van der Waals surface area (Å²) in [6, 6.07) is 1.88. The molecule has 1 aliphatic heterocycles. The van der Waals surface area contributed by atoms with Crippen LogP contribution in [0.4, 0.5) is 0 Å². The fourth-order valence-electron chi connectivity index (χ4n) is 1.61. The first kappa shape index (κ1) is 8.72. The first-order chi connectivity index (χ1) is 6.21. The summed E-state index contributed by atoms with van der Waals surface area (Å²) in [4.78, 5) is 0. The van der Waals surface area contributed by atoms with Gasteiger partial charge in [0.15, 0.2) is 5.76 Å². The average molecular weight is 182 g/mol. The van der Waals surface area contributed by atoms with Crippen LogP contribution in [-0.4, -0.2) is 18.4 Å². The molecule has 2 rings (SSSR count). The second kappa shape index (κ2) is 3.12. The highest BCUT2D eigenvalue weighted by molar-refractivity contribution is 5.14. The third-order valence-electron chi connectivity index (χ3n) is 2.39. The Morgan fingerprint density at radius 2 is 2.46 bits per heavy atom. The lowest BCUT2D eigenvalue weighted by atomic mass is 9.91. The number of nitrogens with two attached hydrogens (primary N) is 1. The van der Waals surface area contributed by atoms with Crippen LogP contribution in [0.15, 0.2) is 10.6 Å². The lowest BCUT2D eigenvalue weighted by molar-refractivity contribution is 0.0249. The average Bonchev–Trinajstić information content (AvgIpc) is 2.54. The van der Waals surface area contributed by atoms with E-state index in [4.69, 9.17) is 15.0 Å². The smallest absolute Gasteiger partial charge is 0.159 e. The van der Waals surface area contributed by atoms with Crippen LogP contribution < -0.4 is 5.73 Å². The normalized spacial score (nSPS) is 29.1. The second-order valence-electron chi connectivity index (χ2n) is 3.64. The molecule has 0 spiro atoms. The van der Waals surface area contributed by atoms with Crippen molar-refractivity contribution in [2.75, 3.05) is 13.2 Å². The van der Waals surface area contributed by atoms with Crippen LogP contribution in [0.5, 0.6) is 0 Å². The molecule has 2 heterocycles. The van der Waals surface area contributed by atoms with Gasteiger partial charge in [-0.3, -0.25) is 0 Å². The molecule has 0 aromatic carbocycles. The third kappa shape index (κ3) is 1.59. The Bertz CT molecular complexity index is 290. The van der Waals surface area contributed by atoms with Crippen molar-refractivity contribution in [3.05, 3.63) is 17.5 Å². The molecule has 2 N–H and O–H groups in total. The van der Waals surface area contributed by atoms with Crippen LogP contribution >= 0.6 is 0 Å². The van der Waals surface area contributed by atoms with E-state index in [1.165, 1.54) is 0 Å². The van der Waals surface area contributed by atoms with E-state index >= 15 is 0 Å². The van der Waals surface area contributed by atoms with Gasteiger partial charge in [0, 0.05) is 12.7 Å². The van der Waals surface area contributed by atoms with E-state index < -0.39 is 5.54 Å². The summed E-state index contributed by atoms with van der Waals surface area (Å²) in [5.41, 5.74) is 6.54. The largest absolute Gasteiger partial charge is 0.379 e. The minimum atomic E-state index is -0.459. The maximum Gasteiger partial charge on any atom is 0.159 e. The summed E-state index contributed by atoms with van der Waals surface area (Å²) in [7, 11) is 0. The first-order valence-electron chi connectivity index (χ1n) is 4.51. The standard InChI is InChI=1S/C9H14N2O2/c1-7-5-8(13-11-7)9(10)3-2-4-12-6-9/h5H,2-4,6,10H2,1H3. The Hall–Kier alpha value is -0.870. The maximum atomic E-state index is 6.13. The number of hydrogen-bond acceptors (Lipinski definition) is 4. The van der Waals surface area contributed by atoms with E-state index in [0.29, 0.717) is 6.61 Å². The summed E-state index contributed by atoms with van der Waals surface area (Å²) >= 11 is 0. The fourth-order valence-corrected chi connectivity index (χ4v) is 1.61. The Kier molecular flexibility index (Phi) is 2.09. The van der Waals surface area contributed by atoms with Crippen LogP contribution in [0, 0.1) is 6.92 Å². The molecule has 1 unspecified atom stereocenters. The zero-order chi connectivity index (χ0) is 9.31. The molecule has 1 aromatic heterocycles. The molecule has 1 aliphatic rings. The van der Waals surface area contributed by atoms with Crippen molar-refractivity contribution in [3.8, 4) is 0 Å². The van der Waals surface area contributed by atoms with Gasteiger partial charge in [0.1, 0.15) is 5.54 Å². The van der Waals surface area contributed by atoms with Crippen LogP contribution in [-0.2, 0) is 10.3 Å². The van der Waals surface area contributed by atoms with E-state index in [-0.39, 0.29) is 0 Å². The SMILES string of the molecule is Cc1cc(C2(N)CCCOC2)on1. The number of ether oxygens (including phenoxy) is 1. The molecule has 0 aliphatic carbocycles.